The van der Waals surface area contributed by atoms with E-state index in [0.29, 0.717) is 6.04 Å². The molecule has 20 heavy (non-hydrogen) atoms. The van der Waals surface area contributed by atoms with Gasteiger partial charge in [0, 0.05) is 16.1 Å². The third-order valence-corrected chi connectivity index (χ3v) is 5.78. The van der Waals surface area contributed by atoms with Crippen LogP contribution in [0.5, 0.6) is 5.75 Å². The highest BCUT2D eigenvalue weighted by Crippen LogP contribution is 2.34. The molecule has 1 saturated heterocycles. The van der Waals surface area contributed by atoms with Gasteiger partial charge in [0.05, 0.1) is 6.61 Å². The molecule has 1 fully saturated rings. The van der Waals surface area contributed by atoms with Crippen LogP contribution in [-0.4, -0.2) is 24.7 Å². The van der Waals surface area contributed by atoms with Crippen molar-refractivity contribution >= 4 is 27.7 Å². The molecule has 110 valence electrons. The summed E-state index contributed by atoms with van der Waals surface area (Å²) in [5, 5.41) is 3.80. The molecule has 1 N–H and O–H groups in total. The predicted octanol–water partition coefficient (Wildman–Crippen LogP) is 4.40. The lowest BCUT2D eigenvalue weighted by atomic mass is 9.99. The van der Waals surface area contributed by atoms with Gasteiger partial charge in [0.15, 0.2) is 0 Å². The van der Waals surface area contributed by atoms with Gasteiger partial charge < -0.3 is 10.1 Å². The number of benzene rings is 1. The lowest BCUT2D eigenvalue weighted by Gasteiger charge is -2.25. The standard InChI is InChI=1S/C16H22BrNOS/c17-13-3-4-14-15(2-1-7-19-16(14)10-13)18-11-12-5-8-20-9-6-12/h3-4,10,12,15,18H,1-2,5-9,11H2. The largest absolute Gasteiger partial charge is 0.493 e. The molecule has 2 heterocycles. The molecule has 1 unspecified atom stereocenters. The lowest BCUT2D eigenvalue weighted by Crippen LogP contribution is -2.29. The van der Waals surface area contributed by atoms with E-state index in [4.69, 9.17) is 4.74 Å². The van der Waals surface area contributed by atoms with Crippen LogP contribution in [-0.2, 0) is 0 Å². The molecule has 4 heteroatoms. The summed E-state index contributed by atoms with van der Waals surface area (Å²) in [5.41, 5.74) is 1.33. The Hall–Kier alpha value is -0.190. The Bertz CT molecular complexity index is 448. The molecular formula is C16H22BrNOS. The topological polar surface area (TPSA) is 21.3 Å². The normalized spacial score (nSPS) is 23.8. The number of nitrogens with one attached hydrogen (secondary N) is 1. The first kappa shape index (κ1) is 14.7. The van der Waals surface area contributed by atoms with Crippen molar-refractivity contribution in [2.75, 3.05) is 24.7 Å². The van der Waals surface area contributed by atoms with Gasteiger partial charge in [-0.1, -0.05) is 22.0 Å². The highest BCUT2D eigenvalue weighted by Gasteiger charge is 2.21. The molecule has 0 bridgehead atoms. The van der Waals surface area contributed by atoms with Gasteiger partial charge in [0.2, 0.25) is 0 Å². The van der Waals surface area contributed by atoms with Crippen molar-refractivity contribution in [1.29, 1.82) is 0 Å². The summed E-state index contributed by atoms with van der Waals surface area (Å²) < 4.78 is 6.98. The number of ether oxygens (including phenoxy) is 1. The van der Waals surface area contributed by atoms with Crippen LogP contribution >= 0.6 is 27.7 Å². The van der Waals surface area contributed by atoms with Crippen LogP contribution in [0, 0.1) is 5.92 Å². The van der Waals surface area contributed by atoms with E-state index in [0.717, 1.165) is 35.7 Å². The van der Waals surface area contributed by atoms with Gasteiger partial charge in [-0.3, -0.25) is 0 Å². The summed E-state index contributed by atoms with van der Waals surface area (Å²) in [6.45, 7) is 1.99. The van der Waals surface area contributed by atoms with Crippen molar-refractivity contribution in [1.82, 2.24) is 5.32 Å². The fourth-order valence-electron chi connectivity index (χ4n) is 3.02. The van der Waals surface area contributed by atoms with Crippen molar-refractivity contribution in [3.05, 3.63) is 28.2 Å². The maximum Gasteiger partial charge on any atom is 0.125 e. The fraction of sp³-hybridized carbons (Fsp3) is 0.625. The molecule has 2 aliphatic rings. The minimum absolute atomic E-state index is 0.454. The molecule has 3 rings (SSSR count). The Kier molecular flexibility index (Phi) is 5.30. The minimum Gasteiger partial charge on any atom is -0.493 e. The highest BCUT2D eigenvalue weighted by atomic mass is 79.9. The molecule has 0 amide bonds. The van der Waals surface area contributed by atoms with Crippen molar-refractivity contribution in [2.45, 2.75) is 31.7 Å². The number of rotatable bonds is 3. The van der Waals surface area contributed by atoms with E-state index in [-0.39, 0.29) is 0 Å². The summed E-state index contributed by atoms with van der Waals surface area (Å²) >= 11 is 5.64. The predicted molar refractivity (Wildman–Crippen MR) is 89.7 cm³/mol. The Morgan fingerprint density at radius 3 is 2.95 bits per heavy atom. The molecular weight excluding hydrogens is 334 g/mol. The van der Waals surface area contributed by atoms with Crippen molar-refractivity contribution < 1.29 is 4.74 Å². The van der Waals surface area contributed by atoms with Gasteiger partial charge in [-0.15, -0.1) is 0 Å². The van der Waals surface area contributed by atoms with Gasteiger partial charge in [-0.25, -0.2) is 0 Å². The smallest absolute Gasteiger partial charge is 0.125 e. The Labute approximate surface area is 134 Å². The van der Waals surface area contributed by atoms with Gasteiger partial charge in [-0.2, -0.15) is 11.8 Å². The number of hydrogen-bond acceptors (Lipinski definition) is 3. The number of hydrogen-bond donors (Lipinski definition) is 1. The number of thioether (sulfide) groups is 1. The molecule has 0 aliphatic carbocycles. The SMILES string of the molecule is Brc1ccc2c(c1)OCCCC2NCC1CCSCC1. The minimum atomic E-state index is 0.454. The Morgan fingerprint density at radius 2 is 2.10 bits per heavy atom. The third-order valence-electron chi connectivity index (χ3n) is 4.24. The van der Waals surface area contributed by atoms with E-state index in [1.54, 1.807) is 0 Å². The number of halogens is 1. The first-order chi connectivity index (χ1) is 9.83. The molecule has 2 nitrogen and oxygen atoms in total. The highest BCUT2D eigenvalue weighted by molar-refractivity contribution is 9.10. The van der Waals surface area contributed by atoms with Crippen molar-refractivity contribution in [3.63, 3.8) is 0 Å². The van der Waals surface area contributed by atoms with E-state index in [2.05, 4.69) is 51.2 Å². The van der Waals surface area contributed by atoms with E-state index >= 15 is 0 Å². The molecule has 0 saturated carbocycles. The van der Waals surface area contributed by atoms with Crippen LogP contribution in [0.3, 0.4) is 0 Å². The van der Waals surface area contributed by atoms with Crippen LogP contribution in [0.2, 0.25) is 0 Å². The molecule has 0 radical (unpaired) electrons. The van der Waals surface area contributed by atoms with Crippen LogP contribution in [0.25, 0.3) is 0 Å². The van der Waals surface area contributed by atoms with Gasteiger partial charge in [-0.05, 0) is 61.8 Å². The summed E-state index contributed by atoms with van der Waals surface area (Å²) in [5.74, 6) is 4.58. The quantitative estimate of drug-likeness (QED) is 0.868. The summed E-state index contributed by atoms with van der Waals surface area (Å²) in [6, 6.07) is 6.89. The summed E-state index contributed by atoms with van der Waals surface area (Å²) in [7, 11) is 0. The van der Waals surface area contributed by atoms with Gasteiger partial charge in [0.1, 0.15) is 5.75 Å². The Morgan fingerprint density at radius 1 is 1.25 bits per heavy atom. The first-order valence-corrected chi connectivity index (χ1v) is 9.51. The fourth-order valence-corrected chi connectivity index (χ4v) is 4.56. The number of fused-ring (bicyclic) bond motifs is 1. The maximum absolute atomic E-state index is 5.88. The first-order valence-electron chi connectivity index (χ1n) is 7.56. The zero-order chi connectivity index (χ0) is 13.8. The zero-order valence-corrected chi connectivity index (χ0v) is 14.1. The monoisotopic (exact) mass is 355 g/mol. The van der Waals surface area contributed by atoms with Crippen LogP contribution in [0.4, 0.5) is 0 Å². The van der Waals surface area contributed by atoms with E-state index in [1.165, 1.54) is 36.3 Å². The molecule has 0 spiro atoms. The van der Waals surface area contributed by atoms with E-state index < -0.39 is 0 Å². The van der Waals surface area contributed by atoms with Crippen LogP contribution in [0.1, 0.15) is 37.3 Å². The van der Waals surface area contributed by atoms with Crippen LogP contribution in [0.15, 0.2) is 22.7 Å². The molecule has 1 atom stereocenters. The zero-order valence-electron chi connectivity index (χ0n) is 11.7. The summed E-state index contributed by atoms with van der Waals surface area (Å²) in [4.78, 5) is 0. The molecule has 0 aromatic heterocycles. The van der Waals surface area contributed by atoms with Crippen molar-refractivity contribution in [2.24, 2.45) is 5.92 Å². The van der Waals surface area contributed by atoms with E-state index in [1.807, 2.05) is 0 Å². The van der Waals surface area contributed by atoms with Gasteiger partial charge in [0.25, 0.3) is 0 Å². The molecule has 1 aromatic rings. The maximum atomic E-state index is 5.88. The average Bonchev–Trinajstić information content (AvgIpc) is 2.68. The van der Waals surface area contributed by atoms with E-state index in [9.17, 15) is 0 Å². The third kappa shape index (κ3) is 3.71. The molecule has 1 aromatic carbocycles. The lowest BCUT2D eigenvalue weighted by molar-refractivity contribution is 0.314. The second-order valence-electron chi connectivity index (χ2n) is 5.69. The Balaban J connectivity index is 1.66. The van der Waals surface area contributed by atoms with Crippen LogP contribution < -0.4 is 10.1 Å². The molecule has 2 aliphatic heterocycles. The average molecular weight is 356 g/mol. The van der Waals surface area contributed by atoms with Gasteiger partial charge >= 0.3 is 0 Å². The van der Waals surface area contributed by atoms with Crippen molar-refractivity contribution in [3.8, 4) is 5.75 Å². The second-order valence-corrected chi connectivity index (χ2v) is 7.83. The summed E-state index contributed by atoms with van der Waals surface area (Å²) in [6.07, 6.45) is 5.04. The second kappa shape index (κ2) is 7.19.